The van der Waals surface area contributed by atoms with E-state index in [4.69, 9.17) is 0 Å². The summed E-state index contributed by atoms with van der Waals surface area (Å²) >= 11 is 0. The molecule has 126 valence electrons. The van der Waals surface area contributed by atoms with Gasteiger partial charge in [0.05, 0.1) is 0 Å². The van der Waals surface area contributed by atoms with Gasteiger partial charge in [0.15, 0.2) is 0 Å². The van der Waals surface area contributed by atoms with Crippen molar-refractivity contribution in [3.05, 3.63) is 58.9 Å². The Kier molecular flexibility index (Phi) is 5.68. The van der Waals surface area contributed by atoms with Gasteiger partial charge < -0.3 is 10.6 Å². The zero-order valence-electron chi connectivity index (χ0n) is 14.5. The normalized spacial score (nSPS) is 11.7. The lowest BCUT2D eigenvalue weighted by Crippen LogP contribution is -2.32. The first-order valence-corrected chi connectivity index (χ1v) is 8.06. The standard InChI is InChI=1S/C19H23N3O2/c1-5-14(4)21-19(24)17-11-15(8-9-20-17)18(23)22-16-10-12(2)6-7-13(16)3/h6-11,14H,5H2,1-4H3,(H,21,24)(H,22,23). The minimum absolute atomic E-state index is 0.0618. The molecule has 1 aromatic heterocycles. The van der Waals surface area contributed by atoms with Crippen molar-refractivity contribution in [3.8, 4) is 0 Å². The zero-order chi connectivity index (χ0) is 17.7. The molecule has 2 aromatic rings. The number of aromatic nitrogens is 1. The van der Waals surface area contributed by atoms with Gasteiger partial charge >= 0.3 is 0 Å². The third kappa shape index (κ3) is 4.41. The summed E-state index contributed by atoms with van der Waals surface area (Å²) in [7, 11) is 0. The molecule has 0 aliphatic carbocycles. The Morgan fingerprint density at radius 2 is 1.88 bits per heavy atom. The highest BCUT2D eigenvalue weighted by molar-refractivity contribution is 6.06. The Morgan fingerprint density at radius 3 is 2.58 bits per heavy atom. The van der Waals surface area contributed by atoms with Crippen molar-refractivity contribution in [2.45, 2.75) is 40.2 Å². The summed E-state index contributed by atoms with van der Waals surface area (Å²) in [6.07, 6.45) is 2.31. The third-order valence-corrected chi connectivity index (χ3v) is 3.89. The van der Waals surface area contributed by atoms with Crippen molar-refractivity contribution in [2.24, 2.45) is 0 Å². The molecule has 2 amide bonds. The molecular weight excluding hydrogens is 302 g/mol. The monoisotopic (exact) mass is 325 g/mol. The van der Waals surface area contributed by atoms with Crippen LogP contribution in [-0.2, 0) is 0 Å². The van der Waals surface area contributed by atoms with E-state index in [9.17, 15) is 9.59 Å². The molecule has 0 spiro atoms. The van der Waals surface area contributed by atoms with E-state index in [1.165, 1.54) is 12.3 Å². The van der Waals surface area contributed by atoms with Crippen LogP contribution in [-0.4, -0.2) is 22.8 Å². The highest BCUT2D eigenvalue weighted by atomic mass is 16.2. The molecule has 0 aliphatic heterocycles. The lowest BCUT2D eigenvalue weighted by molar-refractivity contribution is 0.0934. The smallest absolute Gasteiger partial charge is 0.270 e. The average molecular weight is 325 g/mol. The first-order valence-electron chi connectivity index (χ1n) is 8.06. The van der Waals surface area contributed by atoms with Gasteiger partial charge in [-0.05, 0) is 56.5 Å². The van der Waals surface area contributed by atoms with Crippen LogP contribution in [0, 0.1) is 13.8 Å². The summed E-state index contributed by atoms with van der Waals surface area (Å²) in [5.74, 6) is -0.533. The van der Waals surface area contributed by atoms with E-state index in [-0.39, 0.29) is 23.6 Å². The van der Waals surface area contributed by atoms with Crippen molar-refractivity contribution in [1.82, 2.24) is 10.3 Å². The molecule has 5 heteroatoms. The Bertz CT molecular complexity index is 756. The van der Waals surface area contributed by atoms with E-state index in [2.05, 4.69) is 15.6 Å². The second-order valence-corrected chi connectivity index (χ2v) is 5.99. The second-order valence-electron chi connectivity index (χ2n) is 5.99. The van der Waals surface area contributed by atoms with Crippen LogP contribution in [0.1, 0.15) is 52.2 Å². The minimum Gasteiger partial charge on any atom is -0.348 e. The number of anilines is 1. The van der Waals surface area contributed by atoms with Gasteiger partial charge in [0.2, 0.25) is 0 Å². The fourth-order valence-electron chi connectivity index (χ4n) is 2.16. The van der Waals surface area contributed by atoms with Crippen molar-refractivity contribution in [2.75, 3.05) is 5.32 Å². The number of rotatable bonds is 5. The highest BCUT2D eigenvalue weighted by Crippen LogP contribution is 2.17. The minimum atomic E-state index is -0.272. The molecule has 0 saturated carbocycles. The number of nitrogens with one attached hydrogen (secondary N) is 2. The summed E-state index contributed by atoms with van der Waals surface area (Å²) in [6, 6.07) is 9.05. The van der Waals surface area contributed by atoms with Gasteiger partial charge in [-0.3, -0.25) is 14.6 Å². The van der Waals surface area contributed by atoms with E-state index in [0.29, 0.717) is 5.56 Å². The first kappa shape index (κ1) is 17.7. The van der Waals surface area contributed by atoms with E-state index in [1.807, 2.05) is 45.9 Å². The van der Waals surface area contributed by atoms with Crippen LogP contribution in [0.25, 0.3) is 0 Å². The number of aryl methyl sites for hydroxylation is 2. The topological polar surface area (TPSA) is 71.1 Å². The van der Waals surface area contributed by atoms with Crippen LogP contribution in [0.5, 0.6) is 0 Å². The average Bonchev–Trinajstić information content (AvgIpc) is 2.58. The Labute approximate surface area is 142 Å². The largest absolute Gasteiger partial charge is 0.348 e. The Hall–Kier alpha value is -2.69. The van der Waals surface area contributed by atoms with Gasteiger partial charge in [-0.2, -0.15) is 0 Å². The maximum absolute atomic E-state index is 12.5. The van der Waals surface area contributed by atoms with Gasteiger partial charge in [-0.1, -0.05) is 19.1 Å². The maximum Gasteiger partial charge on any atom is 0.270 e. The molecule has 5 nitrogen and oxygen atoms in total. The molecule has 1 unspecified atom stereocenters. The number of amides is 2. The van der Waals surface area contributed by atoms with Crippen LogP contribution in [0.3, 0.4) is 0 Å². The summed E-state index contributed by atoms with van der Waals surface area (Å²) in [4.78, 5) is 28.7. The van der Waals surface area contributed by atoms with Crippen molar-refractivity contribution in [3.63, 3.8) is 0 Å². The SMILES string of the molecule is CCC(C)NC(=O)c1cc(C(=O)Nc2cc(C)ccc2C)ccn1. The molecule has 0 saturated heterocycles. The molecule has 2 rings (SSSR count). The van der Waals surface area contributed by atoms with Crippen molar-refractivity contribution >= 4 is 17.5 Å². The van der Waals surface area contributed by atoms with E-state index in [1.54, 1.807) is 6.07 Å². The second kappa shape index (κ2) is 7.73. The summed E-state index contributed by atoms with van der Waals surface area (Å²) in [5.41, 5.74) is 3.46. The van der Waals surface area contributed by atoms with Crippen LogP contribution in [0.2, 0.25) is 0 Å². The summed E-state index contributed by atoms with van der Waals surface area (Å²) in [5, 5.41) is 5.73. The Balaban J connectivity index is 2.17. The lowest BCUT2D eigenvalue weighted by Gasteiger charge is -2.12. The number of hydrogen-bond acceptors (Lipinski definition) is 3. The number of pyridine rings is 1. The number of benzene rings is 1. The quantitative estimate of drug-likeness (QED) is 0.884. The van der Waals surface area contributed by atoms with Gasteiger partial charge in [0.25, 0.3) is 11.8 Å². The van der Waals surface area contributed by atoms with Crippen molar-refractivity contribution < 1.29 is 9.59 Å². The van der Waals surface area contributed by atoms with E-state index in [0.717, 1.165) is 23.2 Å². The predicted octanol–water partition coefficient (Wildman–Crippen LogP) is 3.48. The molecular formula is C19H23N3O2. The predicted molar refractivity (Wildman–Crippen MR) is 95.3 cm³/mol. The molecule has 1 heterocycles. The molecule has 0 fully saturated rings. The van der Waals surface area contributed by atoms with Crippen LogP contribution in [0.4, 0.5) is 5.69 Å². The fraction of sp³-hybridized carbons (Fsp3) is 0.316. The maximum atomic E-state index is 12.5. The molecule has 24 heavy (non-hydrogen) atoms. The number of carbonyl (C=O) groups is 2. The summed E-state index contributed by atoms with van der Waals surface area (Å²) < 4.78 is 0. The molecule has 0 bridgehead atoms. The van der Waals surface area contributed by atoms with Gasteiger partial charge in [-0.15, -0.1) is 0 Å². The third-order valence-electron chi connectivity index (χ3n) is 3.89. The molecule has 0 radical (unpaired) electrons. The fourth-order valence-corrected chi connectivity index (χ4v) is 2.16. The molecule has 1 atom stereocenters. The molecule has 0 aliphatic rings. The van der Waals surface area contributed by atoms with Crippen LogP contribution >= 0.6 is 0 Å². The molecule has 2 N–H and O–H groups in total. The van der Waals surface area contributed by atoms with Gasteiger partial charge in [0.1, 0.15) is 5.69 Å². The number of hydrogen-bond donors (Lipinski definition) is 2. The van der Waals surface area contributed by atoms with Crippen molar-refractivity contribution in [1.29, 1.82) is 0 Å². The Morgan fingerprint density at radius 1 is 1.12 bits per heavy atom. The van der Waals surface area contributed by atoms with Gasteiger partial charge in [0, 0.05) is 23.5 Å². The van der Waals surface area contributed by atoms with E-state index < -0.39 is 0 Å². The highest BCUT2D eigenvalue weighted by Gasteiger charge is 2.14. The lowest BCUT2D eigenvalue weighted by atomic mass is 10.1. The van der Waals surface area contributed by atoms with E-state index >= 15 is 0 Å². The summed E-state index contributed by atoms with van der Waals surface area (Å²) in [6.45, 7) is 7.83. The van der Waals surface area contributed by atoms with Crippen LogP contribution < -0.4 is 10.6 Å². The first-order chi connectivity index (χ1) is 11.4. The zero-order valence-corrected chi connectivity index (χ0v) is 14.5. The number of nitrogens with zero attached hydrogens (tertiary/aromatic N) is 1. The molecule has 1 aromatic carbocycles. The van der Waals surface area contributed by atoms with Crippen LogP contribution in [0.15, 0.2) is 36.5 Å². The number of carbonyl (C=O) groups excluding carboxylic acids is 2. The van der Waals surface area contributed by atoms with Gasteiger partial charge in [-0.25, -0.2) is 0 Å².